The molecule has 7 heteroatoms. The molecule has 1 aromatic carbocycles. The second-order valence-corrected chi connectivity index (χ2v) is 6.11. The second kappa shape index (κ2) is 7.11. The molecule has 0 aliphatic carbocycles. The largest absolute Gasteiger partial charge is 0.364 e. The molecular weight excluding hydrogens is 306 g/mol. The Balaban J connectivity index is 1.65. The number of benzene rings is 1. The zero-order chi connectivity index (χ0) is 17.1. The molecule has 1 saturated heterocycles. The summed E-state index contributed by atoms with van der Waals surface area (Å²) in [7, 11) is 0. The summed E-state index contributed by atoms with van der Waals surface area (Å²) in [4.78, 5) is 16.6. The molecule has 0 spiro atoms. The van der Waals surface area contributed by atoms with Crippen LogP contribution in [0.4, 0.5) is 5.69 Å². The van der Waals surface area contributed by atoms with Gasteiger partial charge in [-0.2, -0.15) is 5.10 Å². The van der Waals surface area contributed by atoms with E-state index in [1.807, 2.05) is 42.8 Å². The minimum atomic E-state index is -0.414. The number of carbonyl (C=O) groups excluding carboxylic acids is 1. The molecule has 2 heterocycles. The zero-order valence-electron chi connectivity index (χ0n) is 14.0. The summed E-state index contributed by atoms with van der Waals surface area (Å²) in [6.07, 6.45) is 1.12. The van der Waals surface area contributed by atoms with Crippen LogP contribution >= 0.6 is 0 Å². The summed E-state index contributed by atoms with van der Waals surface area (Å²) in [5.41, 5.74) is 7.39. The number of amides is 1. The Morgan fingerprint density at radius 1 is 1.42 bits per heavy atom. The van der Waals surface area contributed by atoms with Gasteiger partial charge in [0.1, 0.15) is 17.8 Å². The van der Waals surface area contributed by atoms with E-state index in [0.717, 1.165) is 29.3 Å². The lowest BCUT2D eigenvalue weighted by molar-refractivity contribution is -0.126. The normalized spacial score (nSPS) is 20.3. The van der Waals surface area contributed by atoms with Crippen LogP contribution in [0.3, 0.4) is 0 Å². The molecule has 0 saturated carbocycles. The van der Waals surface area contributed by atoms with Crippen molar-refractivity contribution in [2.24, 2.45) is 5.73 Å². The van der Waals surface area contributed by atoms with E-state index in [2.05, 4.69) is 15.4 Å². The molecule has 0 radical (unpaired) electrons. The molecule has 0 bridgehead atoms. The van der Waals surface area contributed by atoms with Crippen LogP contribution in [0, 0.1) is 13.8 Å². The van der Waals surface area contributed by atoms with E-state index in [9.17, 15) is 4.79 Å². The number of nitrogens with two attached hydrogens (primary N) is 1. The summed E-state index contributed by atoms with van der Waals surface area (Å²) < 4.78 is 7.48. The van der Waals surface area contributed by atoms with E-state index >= 15 is 0 Å². The lowest BCUT2D eigenvalue weighted by atomic mass is 10.1. The van der Waals surface area contributed by atoms with E-state index in [0.29, 0.717) is 19.5 Å². The number of aromatic nitrogens is 3. The van der Waals surface area contributed by atoms with Gasteiger partial charge in [-0.3, -0.25) is 4.79 Å². The molecule has 1 aliphatic rings. The number of carbonyl (C=O) groups is 1. The van der Waals surface area contributed by atoms with Crippen LogP contribution < -0.4 is 11.1 Å². The first-order valence-corrected chi connectivity index (χ1v) is 8.18. The van der Waals surface area contributed by atoms with E-state index < -0.39 is 6.10 Å². The molecule has 2 atom stereocenters. The van der Waals surface area contributed by atoms with Gasteiger partial charge >= 0.3 is 0 Å². The van der Waals surface area contributed by atoms with Crippen LogP contribution in [0.1, 0.15) is 30.1 Å². The average molecular weight is 329 g/mol. The lowest BCUT2D eigenvalue weighted by Gasteiger charge is -2.13. The van der Waals surface area contributed by atoms with E-state index in [-0.39, 0.29) is 12.0 Å². The summed E-state index contributed by atoms with van der Waals surface area (Å²) >= 11 is 0. The van der Waals surface area contributed by atoms with Gasteiger partial charge in [-0.05, 0) is 44.4 Å². The number of ether oxygens (including phenoxy) is 1. The van der Waals surface area contributed by atoms with Crippen molar-refractivity contribution in [2.75, 3.05) is 11.9 Å². The maximum absolute atomic E-state index is 12.3. The number of rotatable bonds is 5. The van der Waals surface area contributed by atoms with Gasteiger partial charge in [0, 0.05) is 12.2 Å². The van der Waals surface area contributed by atoms with Crippen molar-refractivity contribution in [3.8, 4) is 0 Å². The molecule has 1 aromatic heterocycles. The first kappa shape index (κ1) is 16.6. The van der Waals surface area contributed by atoms with Crippen LogP contribution in [0.15, 0.2) is 24.3 Å². The third-order valence-corrected chi connectivity index (χ3v) is 4.15. The van der Waals surface area contributed by atoms with Crippen molar-refractivity contribution in [3.63, 3.8) is 0 Å². The first-order chi connectivity index (χ1) is 11.5. The van der Waals surface area contributed by atoms with Crippen LogP contribution in [0.25, 0.3) is 0 Å². The maximum Gasteiger partial charge on any atom is 0.253 e. The monoisotopic (exact) mass is 329 g/mol. The van der Waals surface area contributed by atoms with Gasteiger partial charge in [0.25, 0.3) is 5.91 Å². The Bertz CT molecular complexity index is 728. The van der Waals surface area contributed by atoms with Crippen LogP contribution in [0.2, 0.25) is 0 Å². The predicted octanol–water partition coefficient (Wildman–Crippen LogP) is 1.39. The molecular formula is C17H23N5O2. The zero-order valence-corrected chi connectivity index (χ0v) is 14.0. The van der Waals surface area contributed by atoms with Gasteiger partial charge in [0.05, 0.1) is 12.6 Å². The highest BCUT2D eigenvalue weighted by Gasteiger charge is 2.29. The van der Waals surface area contributed by atoms with Crippen molar-refractivity contribution in [3.05, 3.63) is 41.5 Å². The van der Waals surface area contributed by atoms with Crippen molar-refractivity contribution in [2.45, 2.75) is 45.4 Å². The van der Waals surface area contributed by atoms with Gasteiger partial charge in [-0.15, -0.1) is 0 Å². The molecule has 1 aliphatic heterocycles. The van der Waals surface area contributed by atoms with Crippen molar-refractivity contribution < 1.29 is 9.53 Å². The molecule has 7 nitrogen and oxygen atoms in total. The third-order valence-electron chi connectivity index (χ3n) is 4.15. The fourth-order valence-corrected chi connectivity index (χ4v) is 2.93. The van der Waals surface area contributed by atoms with E-state index in [1.54, 1.807) is 0 Å². The number of anilines is 1. The van der Waals surface area contributed by atoms with Gasteiger partial charge in [-0.1, -0.05) is 12.1 Å². The molecule has 2 aromatic rings. The number of aryl methyl sites for hydroxylation is 2. The van der Waals surface area contributed by atoms with E-state index in [1.165, 1.54) is 0 Å². The Morgan fingerprint density at radius 2 is 2.25 bits per heavy atom. The first-order valence-electron chi connectivity index (χ1n) is 8.18. The topological polar surface area (TPSA) is 95.1 Å². The van der Waals surface area contributed by atoms with Gasteiger partial charge in [-0.25, -0.2) is 9.67 Å². The Morgan fingerprint density at radius 3 is 2.92 bits per heavy atom. The predicted molar refractivity (Wildman–Crippen MR) is 90.6 cm³/mol. The Labute approximate surface area is 141 Å². The summed E-state index contributed by atoms with van der Waals surface area (Å²) in [5, 5.41) is 7.29. The number of hydrogen-bond donors (Lipinski definition) is 2. The molecule has 3 rings (SSSR count). The Kier molecular flexibility index (Phi) is 4.92. The fraction of sp³-hybridized carbons (Fsp3) is 0.471. The van der Waals surface area contributed by atoms with Crippen LogP contribution in [-0.2, 0) is 16.1 Å². The van der Waals surface area contributed by atoms with Gasteiger partial charge in [0.2, 0.25) is 0 Å². The molecule has 3 N–H and O–H groups in total. The minimum absolute atomic E-state index is 0.00869. The lowest BCUT2D eigenvalue weighted by Crippen LogP contribution is -2.29. The van der Waals surface area contributed by atoms with Gasteiger partial charge in [0.15, 0.2) is 0 Å². The highest BCUT2D eigenvalue weighted by Crippen LogP contribution is 2.21. The summed E-state index contributed by atoms with van der Waals surface area (Å²) in [6.45, 7) is 4.87. The van der Waals surface area contributed by atoms with Crippen LogP contribution in [0.5, 0.6) is 0 Å². The third kappa shape index (κ3) is 3.80. The molecule has 128 valence electrons. The Hall–Kier alpha value is -2.25. The summed E-state index contributed by atoms with van der Waals surface area (Å²) in [6, 6.07) is 7.74. The summed E-state index contributed by atoms with van der Waals surface area (Å²) in [5.74, 6) is 1.51. The number of nitrogens with one attached hydrogen (secondary N) is 1. The highest BCUT2D eigenvalue weighted by atomic mass is 16.5. The quantitative estimate of drug-likeness (QED) is 0.864. The van der Waals surface area contributed by atoms with Crippen molar-refractivity contribution in [1.82, 2.24) is 14.8 Å². The molecule has 24 heavy (non-hydrogen) atoms. The molecule has 0 unspecified atom stereocenters. The smallest absolute Gasteiger partial charge is 0.253 e. The van der Waals surface area contributed by atoms with Gasteiger partial charge < -0.3 is 15.8 Å². The number of nitrogens with zero attached hydrogens (tertiary/aromatic N) is 3. The minimum Gasteiger partial charge on any atom is -0.364 e. The SMILES string of the molecule is Cc1nc(C)n(Cc2cccc(NC(=O)[C@@H]3CC[C@H](CN)O3)c2)n1. The second-order valence-electron chi connectivity index (χ2n) is 6.11. The van der Waals surface area contributed by atoms with Crippen molar-refractivity contribution in [1.29, 1.82) is 0 Å². The van der Waals surface area contributed by atoms with Crippen molar-refractivity contribution >= 4 is 11.6 Å². The average Bonchev–Trinajstić information content (AvgIpc) is 3.14. The maximum atomic E-state index is 12.3. The van der Waals surface area contributed by atoms with E-state index in [4.69, 9.17) is 10.5 Å². The number of hydrogen-bond acceptors (Lipinski definition) is 5. The standard InChI is InChI=1S/C17H23N5O2/c1-11-19-12(2)22(21-11)10-13-4-3-5-14(8-13)20-17(23)16-7-6-15(9-18)24-16/h3-5,8,15-16H,6-7,9-10,18H2,1-2H3,(H,20,23)/t15-,16+/m1/s1. The molecule has 1 fully saturated rings. The van der Waals surface area contributed by atoms with Crippen LogP contribution in [-0.4, -0.2) is 39.4 Å². The fourth-order valence-electron chi connectivity index (χ4n) is 2.93. The molecule has 1 amide bonds. The highest BCUT2D eigenvalue weighted by molar-refractivity contribution is 5.94.